The standard InChI is InChI=1S/C28H22O8/c1-33-19-9-15-16(10-20(19)34-2)26(30)23(25(15)29)13-5-7-14(8-6-13)24-27(31)17-11-21(35-3)22(36-4)12-18(17)28(24)32/h5-12,23-24H,1-4H3. The normalized spacial score (nSPS) is 15.2. The third-order valence-corrected chi connectivity index (χ3v) is 6.76. The van der Waals surface area contributed by atoms with E-state index in [1.807, 2.05) is 0 Å². The maximum atomic E-state index is 13.1. The number of ether oxygens (including phenoxy) is 4. The fourth-order valence-electron chi connectivity index (χ4n) is 4.92. The Labute approximate surface area is 206 Å². The molecule has 0 heterocycles. The highest BCUT2D eigenvalue weighted by molar-refractivity contribution is 6.31. The lowest BCUT2D eigenvalue weighted by molar-refractivity contribution is 0.0872. The highest BCUT2D eigenvalue weighted by atomic mass is 16.5. The van der Waals surface area contributed by atoms with Crippen molar-refractivity contribution in [2.45, 2.75) is 11.8 Å². The summed E-state index contributed by atoms with van der Waals surface area (Å²) in [5.41, 5.74) is 2.03. The molecule has 8 nitrogen and oxygen atoms in total. The monoisotopic (exact) mass is 486 g/mol. The summed E-state index contributed by atoms with van der Waals surface area (Å²) in [6.45, 7) is 0. The van der Waals surface area contributed by atoms with E-state index >= 15 is 0 Å². The van der Waals surface area contributed by atoms with Crippen LogP contribution in [0.5, 0.6) is 23.0 Å². The number of fused-ring (bicyclic) bond motifs is 2. The lowest BCUT2D eigenvalue weighted by Gasteiger charge is -2.11. The number of hydrogen-bond acceptors (Lipinski definition) is 8. The molecule has 3 aromatic rings. The zero-order valence-electron chi connectivity index (χ0n) is 20.0. The van der Waals surface area contributed by atoms with E-state index in [1.54, 1.807) is 24.3 Å². The van der Waals surface area contributed by atoms with Crippen molar-refractivity contribution in [3.05, 3.63) is 81.9 Å². The molecule has 0 bridgehead atoms. The average molecular weight is 486 g/mol. The molecule has 2 aliphatic carbocycles. The number of hydrogen-bond donors (Lipinski definition) is 0. The highest BCUT2D eigenvalue weighted by Gasteiger charge is 2.43. The molecular formula is C28H22O8. The molecule has 0 spiro atoms. The van der Waals surface area contributed by atoms with Crippen LogP contribution in [0.1, 0.15) is 64.4 Å². The average Bonchev–Trinajstić information content (AvgIpc) is 3.30. The molecule has 0 fully saturated rings. The second-order valence-corrected chi connectivity index (χ2v) is 8.50. The molecule has 36 heavy (non-hydrogen) atoms. The largest absolute Gasteiger partial charge is 0.493 e. The van der Waals surface area contributed by atoms with E-state index in [9.17, 15) is 19.2 Å². The van der Waals surface area contributed by atoms with Gasteiger partial charge in [-0.15, -0.1) is 0 Å². The zero-order chi connectivity index (χ0) is 25.7. The van der Waals surface area contributed by atoms with Crippen molar-refractivity contribution >= 4 is 23.1 Å². The number of rotatable bonds is 6. The first kappa shape index (κ1) is 23.3. The van der Waals surface area contributed by atoms with Crippen molar-refractivity contribution < 1.29 is 38.1 Å². The fourth-order valence-corrected chi connectivity index (χ4v) is 4.92. The van der Waals surface area contributed by atoms with Crippen molar-refractivity contribution in [3.8, 4) is 23.0 Å². The van der Waals surface area contributed by atoms with Gasteiger partial charge in [0.25, 0.3) is 0 Å². The van der Waals surface area contributed by atoms with E-state index in [0.29, 0.717) is 34.1 Å². The predicted octanol–water partition coefficient (Wildman–Crippen LogP) is 4.05. The molecule has 2 aliphatic rings. The van der Waals surface area contributed by atoms with Gasteiger partial charge in [0.1, 0.15) is 11.8 Å². The second-order valence-electron chi connectivity index (χ2n) is 8.50. The molecule has 0 saturated heterocycles. The summed E-state index contributed by atoms with van der Waals surface area (Å²) >= 11 is 0. The van der Waals surface area contributed by atoms with Gasteiger partial charge < -0.3 is 18.9 Å². The van der Waals surface area contributed by atoms with Crippen molar-refractivity contribution in [1.29, 1.82) is 0 Å². The molecule has 0 amide bonds. The van der Waals surface area contributed by atoms with Gasteiger partial charge in [-0.2, -0.15) is 0 Å². The lowest BCUT2D eigenvalue weighted by Crippen LogP contribution is -2.15. The Balaban J connectivity index is 1.46. The van der Waals surface area contributed by atoms with E-state index in [-0.39, 0.29) is 45.4 Å². The number of carbonyl (C=O) groups is 4. The zero-order valence-corrected chi connectivity index (χ0v) is 20.0. The van der Waals surface area contributed by atoms with Crippen molar-refractivity contribution in [2.24, 2.45) is 0 Å². The molecule has 0 N–H and O–H groups in total. The Morgan fingerprint density at radius 2 is 0.667 bits per heavy atom. The Bertz CT molecular complexity index is 1250. The van der Waals surface area contributed by atoms with Crippen LogP contribution in [-0.2, 0) is 0 Å². The Morgan fingerprint density at radius 3 is 0.861 bits per heavy atom. The predicted molar refractivity (Wildman–Crippen MR) is 128 cm³/mol. The first-order valence-electron chi connectivity index (χ1n) is 11.1. The van der Waals surface area contributed by atoms with E-state index in [4.69, 9.17) is 18.9 Å². The summed E-state index contributed by atoms with van der Waals surface area (Å²) in [5.74, 6) is -1.98. The third-order valence-electron chi connectivity index (χ3n) is 6.76. The Kier molecular flexibility index (Phi) is 5.59. The Morgan fingerprint density at radius 1 is 0.444 bits per heavy atom. The van der Waals surface area contributed by atoms with Gasteiger partial charge in [-0.05, 0) is 35.4 Å². The second kappa shape index (κ2) is 8.64. The number of ketones is 4. The Hall–Kier alpha value is -4.46. The van der Waals surface area contributed by atoms with Gasteiger partial charge in [-0.25, -0.2) is 0 Å². The first-order valence-corrected chi connectivity index (χ1v) is 11.1. The summed E-state index contributed by atoms with van der Waals surface area (Å²) < 4.78 is 21.1. The first-order chi connectivity index (χ1) is 17.3. The maximum absolute atomic E-state index is 13.1. The molecular weight excluding hydrogens is 464 g/mol. The maximum Gasteiger partial charge on any atom is 0.178 e. The van der Waals surface area contributed by atoms with Crippen LogP contribution >= 0.6 is 0 Å². The molecule has 0 aliphatic heterocycles. The fraction of sp³-hybridized carbons (Fsp3) is 0.214. The quantitative estimate of drug-likeness (QED) is 0.481. The molecule has 0 unspecified atom stereocenters. The molecule has 0 radical (unpaired) electrons. The number of benzene rings is 3. The molecule has 5 rings (SSSR count). The van der Waals surface area contributed by atoms with E-state index in [0.717, 1.165) is 0 Å². The molecule has 8 heteroatoms. The van der Waals surface area contributed by atoms with Gasteiger partial charge in [0.05, 0.1) is 28.4 Å². The van der Waals surface area contributed by atoms with Crippen LogP contribution < -0.4 is 18.9 Å². The summed E-state index contributed by atoms with van der Waals surface area (Å²) in [7, 11) is 5.82. The van der Waals surface area contributed by atoms with Gasteiger partial charge >= 0.3 is 0 Å². The van der Waals surface area contributed by atoms with Gasteiger partial charge in [0.15, 0.2) is 46.1 Å². The van der Waals surface area contributed by atoms with Gasteiger partial charge in [0.2, 0.25) is 0 Å². The van der Waals surface area contributed by atoms with Crippen LogP contribution in [-0.4, -0.2) is 51.6 Å². The van der Waals surface area contributed by atoms with Crippen LogP contribution in [0.2, 0.25) is 0 Å². The van der Waals surface area contributed by atoms with Gasteiger partial charge in [0, 0.05) is 22.3 Å². The van der Waals surface area contributed by atoms with Crippen LogP contribution in [0.15, 0.2) is 48.5 Å². The summed E-state index contributed by atoms with van der Waals surface area (Å²) in [5, 5.41) is 0. The SMILES string of the molecule is COc1cc2c(cc1OC)C(=O)C(c1ccc(C3C(=O)c4cc(OC)c(OC)cc4C3=O)cc1)C2=O. The van der Waals surface area contributed by atoms with Crippen molar-refractivity contribution in [1.82, 2.24) is 0 Å². The highest BCUT2D eigenvalue weighted by Crippen LogP contribution is 2.42. The minimum absolute atomic E-state index is 0.270. The summed E-state index contributed by atoms with van der Waals surface area (Å²) in [4.78, 5) is 52.6. The smallest absolute Gasteiger partial charge is 0.178 e. The van der Waals surface area contributed by atoms with E-state index in [1.165, 1.54) is 52.7 Å². The molecule has 0 atom stereocenters. The molecule has 3 aromatic carbocycles. The third kappa shape index (κ3) is 3.29. The molecule has 0 aromatic heterocycles. The van der Waals surface area contributed by atoms with Crippen LogP contribution in [0.25, 0.3) is 0 Å². The minimum Gasteiger partial charge on any atom is -0.493 e. The number of methoxy groups -OCH3 is 4. The van der Waals surface area contributed by atoms with E-state index in [2.05, 4.69) is 0 Å². The van der Waals surface area contributed by atoms with Crippen molar-refractivity contribution in [2.75, 3.05) is 28.4 Å². The number of carbonyl (C=O) groups excluding carboxylic acids is 4. The van der Waals surface area contributed by atoms with Crippen molar-refractivity contribution in [3.63, 3.8) is 0 Å². The van der Waals surface area contributed by atoms with Crippen LogP contribution in [0, 0.1) is 0 Å². The van der Waals surface area contributed by atoms with Gasteiger partial charge in [-0.3, -0.25) is 19.2 Å². The summed E-state index contributed by atoms with van der Waals surface area (Å²) in [6, 6.07) is 12.5. The number of Topliss-reactive ketones (excluding diaryl/α,β-unsaturated/α-hetero) is 4. The van der Waals surface area contributed by atoms with E-state index < -0.39 is 11.8 Å². The minimum atomic E-state index is -1.02. The summed E-state index contributed by atoms with van der Waals surface area (Å²) in [6.07, 6.45) is 0. The van der Waals surface area contributed by atoms with Crippen LogP contribution in [0.3, 0.4) is 0 Å². The topological polar surface area (TPSA) is 105 Å². The molecule has 0 saturated carbocycles. The van der Waals surface area contributed by atoms with Crippen LogP contribution in [0.4, 0.5) is 0 Å². The van der Waals surface area contributed by atoms with Gasteiger partial charge in [-0.1, -0.05) is 24.3 Å². The lowest BCUT2D eigenvalue weighted by atomic mass is 9.89. The molecule has 182 valence electrons.